The Kier molecular flexibility index (Phi) is 5.40. The fraction of sp³-hybridized carbons (Fsp3) is 0.833. The molecule has 42 valence electrons. The van der Waals surface area contributed by atoms with E-state index in [4.69, 9.17) is 0 Å². The fourth-order valence-electron chi connectivity index (χ4n) is 0.379. The second-order valence-electron chi connectivity index (χ2n) is 1.52. The van der Waals surface area contributed by atoms with E-state index in [0.29, 0.717) is 0 Å². The maximum atomic E-state index is 4.04. The van der Waals surface area contributed by atoms with Gasteiger partial charge in [-0.15, -0.1) is 0 Å². The highest BCUT2D eigenvalue weighted by molar-refractivity contribution is 5.53. The summed E-state index contributed by atoms with van der Waals surface area (Å²) in [4.78, 5) is 4.04. The molecule has 0 aromatic heterocycles. The van der Waals surface area contributed by atoms with E-state index in [9.17, 15) is 0 Å². The molecule has 0 saturated carbocycles. The Bertz CT molecular complexity index is 48.1. The highest BCUT2D eigenvalue weighted by Crippen LogP contribution is 1.84. The number of hydrogen-bond donors (Lipinski definition) is 0. The molecule has 0 fully saturated rings. The highest BCUT2D eigenvalue weighted by atomic mass is 14.7. The van der Waals surface area contributed by atoms with E-state index in [1.807, 2.05) is 13.1 Å². The monoisotopic (exact) mass is 99.1 g/mol. The Morgan fingerprint density at radius 3 is 2.71 bits per heavy atom. The van der Waals surface area contributed by atoms with Crippen LogP contribution in [-0.2, 0) is 0 Å². The minimum atomic E-state index is 1.01. The number of rotatable bonds is 3. The molecule has 0 amide bonds. The zero-order chi connectivity index (χ0) is 5.54. The van der Waals surface area contributed by atoms with Crippen molar-refractivity contribution in [3.05, 3.63) is 0 Å². The van der Waals surface area contributed by atoms with Crippen LogP contribution in [0.4, 0.5) is 0 Å². The normalized spacial score (nSPS) is 10.6. The van der Waals surface area contributed by atoms with E-state index in [1.165, 1.54) is 12.8 Å². The topological polar surface area (TPSA) is 12.4 Å². The lowest BCUT2D eigenvalue weighted by atomic mass is 10.3. The molecule has 0 saturated heterocycles. The predicted octanol–water partition coefficient (Wildman–Crippen LogP) is 1.88. The maximum absolute atomic E-state index is 4.04. The van der Waals surface area contributed by atoms with E-state index >= 15 is 0 Å². The van der Waals surface area contributed by atoms with Crippen molar-refractivity contribution in [1.29, 1.82) is 0 Å². The molecule has 0 aliphatic rings. The molecule has 0 heterocycles. The summed E-state index contributed by atoms with van der Waals surface area (Å²) in [5, 5.41) is 0. The molecule has 0 aromatic carbocycles. The molecule has 0 atom stereocenters. The maximum Gasteiger partial charge on any atom is 0.0385 e. The first kappa shape index (κ1) is 6.67. The predicted molar refractivity (Wildman–Crippen MR) is 33.9 cm³/mol. The van der Waals surface area contributed by atoms with Gasteiger partial charge in [-0.05, 0) is 19.6 Å². The molecule has 0 unspecified atom stereocenters. The average Bonchev–Trinajstić information content (AvgIpc) is 1.69. The van der Waals surface area contributed by atoms with Gasteiger partial charge in [0.15, 0.2) is 0 Å². The number of hydrogen-bond acceptors (Lipinski definition) is 1. The minimum absolute atomic E-state index is 1.01. The molecule has 0 N–H and O–H groups in total. The van der Waals surface area contributed by atoms with Gasteiger partial charge in [-0.25, -0.2) is 0 Å². The van der Waals surface area contributed by atoms with Gasteiger partial charge in [0.1, 0.15) is 0 Å². The Morgan fingerprint density at radius 2 is 2.29 bits per heavy atom. The van der Waals surface area contributed by atoms with Crippen LogP contribution in [0.25, 0.3) is 0 Å². The fourth-order valence-corrected chi connectivity index (χ4v) is 0.379. The lowest BCUT2D eigenvalue weighted by molar-refractivity contribution is 0.810. The Morgan fingerprint density at radius 1 is 1.57 bits per heavy atom. The van der Waals surface area contributed by atoms with Crippen molar-refractivity contribution in [3.63, 3.8) is 0 Å². The van der Waals surface area contributed by atoms with Gasteiger partial charge in [0.2, 0.25) is 0 Å². The smallest absolute Gasteiger partial charge is 0.0385 e. The molecule has 0 aromatic rings. The lowest BCUT2D eigenvalue weighted by Gasteiger charge is -1.84. The van der Waals surface area contributed by atoms with Crippen molar-refractivity contribution in [2.24, 2.45) is 4.99 Å². The SMILES string of the molecule is CC=NCCCC. The molecular formula is C6H13N. The third-order valence-electron chi connectivity index (χ3n) is 0.823. The van der Waals surface area contributed by atoms with E-state index in [1.54, 1.807) is 0 Å². The van der Waals surface area contributed by atoms with Crippen LogP contribution in [0.1, 0.15) is 26.7 Å². The van der Waals surface area contributed by atoms with Crippen LogP contribution in [0.15, 0.2) is 4.99 Å². The summed E-state index contributed by atoms with van der Waals surface area (Å²) in [6.07, 6.45) is 4.33. The van der Waals surface area contributed by atoms with Crippen LogP contribution in [0.2, 0.25) is 0 Å². The van der Waals surface area contributed by atoms with E-state index in [0.717, 1.165) is 6.54 Å². The molecule has 0 aliphatic carbocycles. The lowest BCUT2D eigenvalue weighted by Crippen LogP contribution is -1.76. The molecular weight excluding hydrogens is 86.1 g/mol. The van der Waals surface area contributed by atoms with Crippen molar-refractivity contribution in [2.45, 2.75) is 26.7 Å². The summed E-state index contributed by atoms with van der Waals surface area (Å²) in [6.45, 7) is 5.13. The van der Waals surface area contributed by atoms with Gasteiger partial charge in [0, 0.05) is 6.54 Å². The third-order valence-corrected chi connectivity index (χ3v) is 0.823. The summed E-state index contributed by atoms with van der Waals surface area (Å²) in [6, 6.07) is 0. The minimum Gasteiger partial charge on any atom is -0.298 e. The second-order valence-corrected chi connectivity index (χ2v) is 1.52. The zero-order valence-corrected chi connectivity index (χ0v) is 5.15. The van der Waals surface area contributed by atoms with Gasteiger partial charge < -0.3 is 0 Å². The first-order valence-electron chi connectivity index (χ1n) is 2.86. The quantitative estimate of drug-likeness (QED) is 0.378. The number of unbranched alkanes of at least 4 members (excludes halogenated alkanes) is 1. The molecule has 0 spiro atoms. The van der Waals surface area contributed by atoms with Crippen molar-refractivity contribution in [2.75, 3.05) is 6.54 Å². The molecule has 1 heteroatoms. The number of aliphatic imine (C=N–C) groups is 1. The Hall–Kier alpha value is -0.330. The van der Waals surface area contributed by atoms with Crippen LogP contribution in [0.3, 0.4) is 0 Å². The summed E-state index contributed by atoms with van der Waals surface area (Å²) in [5.74, 6) is 0. The van der Waals surface area contributed by atoms with Gasteiger partial charge in [0.25, 0.3) is 0 Å². The van der Waals surface area contributed by atoms with Gasteiger partial charge >= 0.3 is 0 Å². The van der Waals surface area contributed by atoms with Crippen LogP contribution >= 0.6 is 0 Å². The van der Waals surface area contributed by atoms with Crippen LogP contribution in [0, 0.1) is 0 Å². The van der Waals surface area contributed by atoms with Crippen molar-refractivity contribution >= 4 is 6.21 Å². The van der Waals surface area contributed by atoms with Gasteiger partial charge in [-0.1, -0.05) is 13.3 Å². The molecule has 1 nitrogen and oxygen atoms in total. The Labute approximate surface area is 45.5 Å². The molecule has 0 aliphatic heterocycles. The summed E-state index contributed by atoms with van der Waals surface area (Å²) in [5.41, 5.74) is 0. The van der Waals surface area contributed by atoms with Crippen molar-refractivity contribution < 1.29 is 0 Å². The summed E-state index contributed by atoms with van der Waals surface area (Å²) >= 11 is 0. The van der Waals surface area contributed by atoms with E-state index in [2.05, 4.69) is 11.9 Å². The third kappa shape index (κ3) is 5.67. The standard InChI is InChI=1S/C6H13N/c1-3-5-6-7-4-2/h4H,3,5-6H2,1-2H3. The average molecular weight is 99.2 g/mol. The Balaban J connectivity index is 2.69. The summed E-state index contributed by atoms with van der Waals surface area (Å²) < 4.78 is 0. The molecule has 0 radical (unpaired) electrons. The van der Waals surface area contributed by atoms with Crippen LogP contribution < -0.4 is 0 Å². The van der Waals surface area contributed by atoms with Crippen LogP contribution in [-0.4, -0.2) is 12.8 Å². The highest BCUT2D eigenvalue weighted by Gasteiger charge is 1.73. The summed E-state index contributed by atoms with van der Waals surface area (Å²) in [7, 11) is 0. The van der Waals surface area contributed by atoms with Crippen molar-refractivity contribution in [3.8, 4) is 0 Å². The van der Waals surface area contributed by atoms with Gasteiger partial charge in [-0.3, -0.25) is 4.99 Å². The molecule has 7 heavy (non-hydrogen) atoms. The van der Waals surface area contributed by atoms with Crippen LogP contribution in [0.5, 0.6) is 0 Å². The van der Waals surface area contributed by atoms with E-state index < -0.39 is 0 Å². The largest absolute Gasteiger partial charge is 0.298 e. The van der Waals surface area contributed by atoms with Gasteiger partial charge in [0.05, 0.1) is 0 Å². The van der Waals surface area contributed by atoms with Gasteiger partial charge in [-0.2, -0.15) is 0 Å². The molecule has 0 rings (SSSR count). The first-order valence-corrected chi connectivity index (χ1v) is 2.86. The zero-order valence-electron chi connectivity index (χ0n) is 5.15. The number of nitrogens with zero attached hydrogens (tertiary/aromatic N) is 1. The van der Waals surface area contributed by atoms with E-state index in [-0.39, 0.29) is 0 Å². The van der Waals surface area contributed by atoms with Crippen molar-refractivity contribution in [1.82, 2.24) is 0 Å². The second kappa shape index (κ2) is 5.67. The first-order chi connectivity index (χ1) is 3.41. The molecule has 0 bridgehead atoms.